The highest BCUT2D eigenvalue weighted by Gasteiger charge is 2.14. The number of rotatable bonds is 4. The van der Waals surface area contributed by atoms with Crippen LogP contribution in [0.1, 0.15) is 24.3 Å². The van der Waals surface area contributed by atoms with E-state index in [9.17, 15) is 4.39 Å². The van der Waals surface area contributed by atoms with E-state index < -0.39 is 0 Å². The van der Waals surface area contributed by atoms with Crippen molar-refractivity contribution in [3.8, 4) is 5.75 Å². The van der Waals surface area contributed by atoms with E-state index in [1.54, 1.807) is 17.4 Å². The van der Waals surface area contributed by atoms with Gasteiger partial charge >= 0.3 is 0 Å². The molecular weight excluding hydrogens is 313 g/mol. The van der Waals surface area contributed by atoms with Gasteiger partial charge in [-0.15, -0.1) is 11.3 Å². The van der Waals surface area contributed by atoms with Gasteiger partial charge in [-0.1, -0.05) is 0 Å². The molecular formula is C17H18FN3OS. The van der Waals surface area contributed by atoms with Crippen LogP contribution >= 0.6 is 11.3 Å². The Kier molecular flexibility index (Phi) is 4.17. The summed E-state index contributed by atoms with van der Waals surface area (Å²) >= 11 is 1.64. The van der Waals surface area contributed by atoms with Crippen molar-refractivity contribution in [1.82, 2.24) is 9.97 Å². The number of thiophene rings is 1. The summed E-state index contributed by atoms with van der Waals surface area (Å²) in [5, 5.41) is 4.26. The first-order chi connectivity index (χ1) is 11.0. The molecule has 6 heteroatoms. The first kappa shape index (κ1) is 15.7. The maximum absolute atomic E-state index is 13.5. The summed E-state index contributed by atoms with van der Waals surface area (Å²) in [6.45, 7) is 7.93. The van der Waals surface area contributed by atoms with Gasteiger partial charge in [0, 0.05) is 10.9 Å². The van der Waals surface area contributed by atoms with Gasteiger partial charge < -0.3 is 10.1 Å². The summed E-state index contributed by atoms with van der Waals surface area (Å²) in [5.41, 5.74) is 1.84. The molecule has 0 aliphatic heterocycles. The number of ether oxygens (including phenoxy) is 1. The molecule has 0 unspecified atom stereocenters. The summed E-state index contributed by atoms with van der Waals surface area (Å²) in [6, 6.07) is 4.45. The van der Waals surface area contributed by atoms with Gasteiger partial charge in [0.25, 0.3) is 0 Å². The largest absolute Gasteiger partial charge is 0.489 e. The highest BCUT2D eigenvalue weighted by molar-refractivity contribution is 7.18. The molecule has 0 amide bonds. The van der Waals surface area contributed by atoms with Crippen molar-refractivity contribution < 1.29 is 9.13 Å². The molecule has 3 aromatic rings. The van der Waals surface area contributed by atoms with Crippen molar-refractivity contribution in [1.29, 1.82) is 0 Å². The molecule has 2 aromatic heterocycles. The average Bonchev–Trinajstić information content (AvgIpc) is 2.77. The second-order valence-electron chi connectivity index (χ2n) is 5.62. The number of anilines is 2. The third-order valence-electron chi connectivity index (χ3n) is 3.52. The Labute approximate surface area is 138 Å². The van der Waals surface area contributed by atoms with E-state index in [1.807, 2.05) is 13.8 Å². The fourth-order valence-electron chi connectivity index (χ4n) is 2.36. The Morgan fingerprint density at radius 2 is 2.00 bits per heavy atom. The van der Waals surface area contributed by atoms with E-state index in [2.05, 4.69) is 29.1 Å². The number of nitrogens with one attached hydrogen (secondary N) is 1. The fourth-order valence-corrected chi connectivity index (χ4v) is 3.35. The van der Waals surface area contributed by atoms with Crippen LogP contribution in [0.2, 0.25) is 0 Å². The molecule has 4 nitrogen and oxygen atoms in total. The molecule has 0 saturated heterocycles. The normalized spacial score (nSPS) is 11.2. The van der Waals surface area contributed by atoms with Gasteiger partial charge in [-0.25, -0.2) is 14.4 Å². The number of halogens is 1. The van der Waals surface area contributed by atoms with E-state index in [1.165, 1.54) is 23.3 Å². The summed E-state index contributed by atoms with van der Waals surface area (Å²) in [5.74, 6) is 0.843. The summed E-state index contributed by atoms with van der Waals surface area (Å²) in [7, 11) is 0. The summed E-state index contributed by atoms with van der Waals surface area (Å²) in [6.07, 6.45) is 1.49. The minimum absolute atomic E-state index is 0.0482. The monoisotopic (exact) mass is 331 g/mol. The quantitative estimate of drug-likeness (QED) is 0.732. The Bertz CT molecular complexity index is 860. The van der Waals surface area contributed by atoms with Crippen LogP contribution in [0.25, 0.3) is 10.2 Å². The molecule has 0 atom stereocenters. The minimum Gasteiger partial charge on any atom is -0.489 e. The molecule has 0 bridgehead atoms. The molecule has 0 aliphatic rings. The van der Waals surface area contributed by atoms with E-state index in [-0.39, 0.29) is 11.9 Å². The van der Waals surface area contributed by atoms with Crippen molar-refractivity contribution in [3.05, 3.63) is 40.8 Å². The van der Waals surface area contributed by atoms with Crippen molar-refractivity contribution in [2.45, 2.75) is 33.8 Å². The SMILES string of the molecule is Cc1sc2ncnc(Nc3ccc(F)cc3OC(C)C)c2c1C. The molecule has 120 valence electrons. The second kappa shape index (κ2) is 6.12. The lowest BCUT2D eigenvalue weighted by molar-refractivity contribution is 0.243. The van der Waals surface area contributed by atoms with Gasteiger partial charge in [-0.2, -0.15) is 0 Å². The second-order valence-corrected chi connectivity index (χ2v) is 6.82. The predicted molar refractivity (Wildman–Crippen MR) is 92.3 cm³/mol. The zero-order chi connectivity index (χ0) is 16.6. The molecule has 0 spiro atoms. The summed E-state index contributed by atoms with van der Waals surface area (Å²) in [4.78, 5) is 10.8. The van der Waals surface area contributed by atoms with Crippen molar-refractivity contribution in [2.75, 3.05) is 5.32 Å². The van der Waals surface area contributed by atoms with Gasteiger partial charge in [0.2, 0.25) is 0 Å². The lowest BCUT2D eigenvalue weighted by Gasteiger charge is -2.15. The van der Waals surface area contributed by atoms with Gasteiger partial charge in [0.15, 0.2) is 0 Å². The zero-order valence-electron chi connectivity index (χ0n) is 13.5. The molecule has 0 aliphatic carbocycles. The minimum atomic E-state index is -0.332. The maximum Gasteiger partial charge on any atom is 0.146 e. The van der Waals surface area contributed by atoms with E-state index in [0.29, 0.717) is 17.3 Å². The molecule has 0 radical (unpaired) electrons. The Balaban J connectivity index is 2.06. The van der Waals surface area contributed by atoms with Crippen molar-refractivity contribution in [3.63, 3.8) is 0 Å². The Morgan fingerprint density at radius 3 is 2.74 bits per heavy atom. The fraction of sp³-hybridized carbons (Fsp3) is 0.294. The van der Waals surface area contributed by atoms with Crippen LogP contribution in [0.3, 0.4) is 0 Å². The molecule has 1 aromatic carbocycles. The number of hydrogen-bond acceptors (Lipinski definition) is 5. The molecule has 0 fully saturated rings. The van der Waals surface area contributed by atoms with Gasteiger partial charge in [-0.05, 0) is 45.4 Å². The highest BCUT2D eigenvalue weighted by Crippen LogP contribution is 2.36. The predicted octanol–water partition coefficient (Wildman–Crippen LogP) is 4.98. The number of aryl methyl sites for hydroxylation is 2. The van der Waals surface area contributed by atoms with Crippen LogP contribution in [-0.2, 0) is 0 Å². The average molecular weight is 331 g/mol. The van der Waals surface area contributed by atoms with Crippen LogP contribution in [-0.4, -0.2) is 16.1 Å². The first-order valence-corrected chi connectivity index (χ1v) is 8.21. The van der Waals surface area contributed by atoms with Crippen LogP contribution in [0, 0.1) is 19.7 Å². The van der Waals surface area contributed by atoms with Gasteiger partial charge in [0.1, 0.15) is 28.5 Å². The van der Waals surface area contributed by atoms with Crippen molar-refractivity contribution >= 4 is 33.1 Å². The van der Waals surface area contributed by atoms with Gasteiger partial charge in [0.05, 0.1) is 17.2 Å². The van der Waals surface area contributed by atoms with Crippen LogP contribution in [0.5, 0.6) is 5.75 Å². The molecule has 23 heavy (non-hydrogen) atoms. The molecule has 1 N–H and O–H groups in total. The van der Waals surface area contributed by atoms with E-state index in [4.69, 9.17) is 4.74 Å². The standard InChI is InChI=1S/C17H18FN3OS/c1-9(2)22-14-7-12(18)5-6-13(14)21-16-15-10(3)11(4)23-17(15)20-8-19-16/h5-9H,1-4H3,(H,19,20,21). The topological polar surface area (TPSA) is 47.0 Å². The number of benzene rings is 1. The number of fused-ring (bicyclic) bond motifs is 1. The maximum atomic E-state index is 13.5. The number of nitrogens with zero attached hydrogens (tertiary/aromatic N) is 2. The van der Waals surface area contributed by atoms with Crippen LogP contribution in [0.15, 0.2) is 24.5 Å². The number of aromatic nitrogens is 2. The summed E-state index contributed by atoms with van der Waals surface area (Å²) < 4.78 is 19.2. The Morgan fingerprint density at radius 1 is 1.22 bits per heavy atom. The third kappa shape index (κ3) is 3.12. The smallest absolute Gasteiger partial charge is 0.146 e. The lowest BCUT2D eigenvalue weighted by atomic mass is 10.2. The van der Waals surface area contributed by atoms with Gasteiger partial charge in [-0.3, -0.25) is 0 Å². The molecule has 2 heterocycles. The van der Waals surface area contributed by atoms with E-state index >= 15 is 0 Å². The zero-order valence-corrected chi connectivity index (χ0v) is 14.3. The van der Waals surface area contributed by atoms with E-state index in [0.717, 1.165) is 15.8 Å². The first-order valence-electron chi connectivity index (χ1n) is 7.39. The van der Waals surface area contributed by atoms with Crippen LogP contribution in [0.4, 0.5) is 15.9 Å². The highest BCUT2D eigenvalue weighted by atomic mass is 32.1. The van der Waals surface area contributed by atoms with Crippen molar-refractivity contribution in [2.24, 2.45) is 0 Å². The third-order valence-corrected chi connectivity index (χ3v) is 4.64. The Hall–Kier alpha value is -2.21. The number of hydrogen-bond donors (Lipinski definition) is 1. The molecule has 3 rings (SSSR count). The lowest BCUT2D eigenvalue weighted by Crippen LogP contribution is -2.08. The molecule has 0 saturated carbocycles. The van der Waals surface area contributed by atoms with Crippen LogP contribution < -0.4 is 10.1 Å².